The Labute approximate surface area is 246 Å². The largest absolute Gasteiger partial charge is 0.473 e. The Kier molecular flexibility index (Phi) is 5.99. The lowest BCUT2D eigenvalue weighted by Crippen LogP contribution is -2.61. The Bertz CT molecular complexity index is 1600. The molecule has 3 N–H and O–H groups in total. The van der Waals surface area contributed by atoms with Crippen LogP contribution in [0.3, 0.4) is 0 Å². The van der Waals surface area contributed by atoms with Gasteiger partial charge in [-0.15, -0.1) is 0 Å². The quantitative estimate of drug-likeness (QED) is 0.442. The number of ether oxygens (including phenoxy) is 1. The van der Waals surface area contributed by atoms with Crippen molar-refractivity contribution >= 4 is 11.5 Å². The summed E-state index contributed by atoms with van der Waals surface area (Å²) in [6, 6.07) is 9.66. The van der Waals surface area contributed by atoms with Crippen molar-refractivity contribution in [1.29, 1.82) is 5.26 Å². The molecular formula is C32H38N8O2. The molecule has 218 valence electrons. The molecule has 3 saturated heterocycles. The number of anilines is 2. The van der Waals surface area contributed by atoms with Crippen LogP contribution in [-0.2, 0) is 18.3 Å². The van der Waals surface area contributed by atoms with Crippen LogP contribution in [-0.4, -0.2) is 70.9 Å². The number of nitrogens with two attached hydrogens (primary N) is 1. The molecule has 2 aliphatic carbocycles. The van der Waals surface area contributed by atoms with Crippen LogP contribution in [0.4, 0.5) is 11.5 Å². The molecule has 3 aromatic rings. The van der Waals surface area contributed by atoms with Crippen molar-refractivity contribution in [3.05, 3.63) is 46.2 Å². The lowest BCUT2D eigenvalue weighted by molar-refractivity contribution is 0.117. The monoisotopic (exact) mass is 566 g/mol. The maximum Gasteiger partial charge on any atom is 0.219 e. The molecular weight excluding hydrogens is 528 g/mol. The molecule has 1 aromatic carbocycles. The molecule has 0 amide bonds. The molecule has 0 bridgehead atoms. The van der Waals surface area contributed by atoms with E-state index in [-0.39, 0.29) is 6.10 Å². The van der Waals surface area contributed by atoms with Crippen LogP contribution in [0.25, 0.3) is 11.5 Å². The normalized spacial score (nSPS) is 28.7. The Balaban J connectivity index is 1.21. The maximum absolute atomic E-state index is 10.1. The van der Waals surface area contributed by atoms with Gasteiger partial charge in [-0.25, -0.2) is 4.98 Å². The number of nitrogens with one attached hydrogen (secondary N) is 1. The summed E-state index contributed by atoms with van der Waals surface area (Å²) >= 11 is 0. The van der Waals surface area contributed by atoms with E-state index in [9.17, 15) is 5.26 Å². The minimum absolute atomic E-state index is 0.00438. The number of likely N-dealkylation sites (N-methyl/N-ethyl adjacent to an activating group) is 1. The highest BCUT2D eigenvalue weighted by Crippen LogP contribution is 2.54. The molecule has 3 aliphatic heterocycles. The van der Waals surface area contributed by atoms with Gasteiger partial charge < -0.3 is 25.2 Å². The highest BCUT2D eigenvalue weighted by molar-refractivity contribution is 5.68. The van der Waals surface area contributed by atoms with Gasteiger partial charge in [-0.2, -0.15) is 10.2 Å². The van der Waals surface area contributed by atoms with Crippen LogP contribution in [0.15, 0.2) is 22.7 Å². The fraction of sp³-hybridized carbons (Fsp3) is 0.562. The van der Waals surface area contributed by atoms with Gasteiger partial charge in [-0.1, -0.05) is 11.2 Å². The first-order valence-electron chi connectivity index (χ1n) is 15.5. The summed E-state index contributed by atoms with van der Waals surface area (Å²) in [5, 5.41) is 18.3. The predicted molar refractivity (Wildman–Crippen MR) is 158 cm³/mol. The van der Waals surface area contributed by atoms with Gasteiger partial charge in [0.2, 0.25) is 5.88 Å². The third-order valence-electron chi connectivity index (χ3n) is 10.7. The van der Waals surface area contributed by atoms with Crippen molar-refractivity contribution in [1.82, 2.24) is 25.3 Å². The van der Waals surface area contributed by atoms with Crippen LogP contribution in [0.1, 0.15) is 73.5 Å². The number of nitrogens with zero attached hydrogens (tertiary/aromatic N) is 6. The average Bonchev–Trinajstić information content (AvgIpc) is 3.76. The van der Waals surface area contributed by atoms with Gasteiger partial charge in [-0.3, -0.25) is 4.90 Å². The summed E-state index contributed by atoms with van der Waals surface area (Å²) in [6.45, 7) is 5.20. The number of likely N-dealkylation sites (tertiary alicyclic amines) is 1. The zero-order chi connectivity index (χ0) is 28.6. The lowest BCUT2D eigenvalue weighted by atomic mass is 9.68. The second kappa shape index (κ2) is 9.68. The second-order valence-corrected chi connectivity index (χ2v) is 12.9. The number of hydrogen-bond acceptors (Lipinski definition) is 10. The fourth-order valence-electron chi connectivity index (χ4n) is 8.57. The van der Waals surface area contributed by atoms with Crippen LogP contribution in [0.2, 0.25) is 0 Å². The number of nitriles is 1. The average molecular weight is 567 g/mol. The van der Waals surface area contributed by atoms with Gasteiger partial charge >= 0.3 is 0 Å². The summed E-state index contributed by atoms with van der Waals surface area (Å²) in [5.74, 6) is 2.88. The highest BCUT2D eigenvalue weighted by Gasteiger charge is 2.49. The van der Waals surface area contributed by atoms with E-state index in [0.29, 0.717) is 46.8 Å². The van der Waals surface area contributed by atoms with Crippen molar-refractivity contribution < 1.29 is 9.26 Å². The minimum atomic E-state index is -0.396. The van der Waals surface area contributed by atoms with Crippen molar-refractivity contribution in [3.63, 3.8) is 0 Å². The number of aromatic nitrogens is 3. The van der Waals surface area contributed by atoms with E-state index >= 15 is 0 Å². The molecule has 8 rings (SSSR count). The number of nitrogen functional groups attached to an aromatic ring is 1. The molecule has 5 heterocycles. The lowest BCUT2D eigenvalue weighted by Gasteiger charge is -2.45. The van der Waals surface area contributed by atoms with Crippen LogP contribution >= 0.6 is 0 Å². The Morgan fingerprint density at radius 3 is 2.93 bits per heavy atom. The number of rotatable bonds is 5. The molecule has 42 heavy (non-hydrogen) atoms. The Morgan fingerprint density at radius 1 is 1.21 bits per heavy atom. The van der Waals surface area contributed by atoms with Gasteiger partial charge in [-0.05, 0) is 95.6 Å². The SMILES string of the molecule is C[C@H](Oc1cc(N2C[C@H]3NCC[C@H]32)nc(-c2noc3c2CCC[C@@]32CCc3ccc(N)c(C#N)c32)n1)[C@@H]1CCCN1C. The minimum Gasteiger partial charge on any atom is -0.473 e. The van der Waals surface area contributed by atoms with Crippen molar-refractivity contribution in [3.8, 4) is 23.5 Å². The zero-order valence-corrected chi connectivity index (χ0v) is 24.4. The number of benzene rings is 1. The number of aryl methyl sites for hydroxylation is 1. The third-order valence-corrected chi connectivity index (χ3v) is 10.7. The zero-order valence-electron chi connectivity index (χ0n) is 24.4. The van der Waals surface area contributed by atoms with E-state index in [1.165, 1.54) is 12.0 Å². The molecule has 3 fully saturated rings. The molecule has 10 heteroatoms. The van der Waals surface area contributed by atoms with Crippen molar-refractivity contribution in [2.75, 3.05) is 37.3 Å². The van der Waals surface area contributed by atoms with Crippen molar-refractivity contribution in [2.45, 2.75) is 87.9 Å². The van der Waals surface area contributed by atoms with Crippen LogP contribution < -0.4 is 20.7 Å². The second-order valence-electron chi connectivity index (χ2n) is 12.9. The first-order chi connectivity index (χ1) is 20.5. The van der Waals surface area contributed by atoms with E-state index in [2.05, 4.69) is 46.4 Å². The third kappa shape index (κ3) is 3.79. The molecule has 0 radical (unpaired) electrons. The molecule has 0 unspecified atom stereocenters. The molecule has 5 atom stereocenters. The molecule has 10 nitrogen and oxygen atoms in total. The summed E-state index contributed by atoms with van der Waals surface area (Å²) in [6.07, 6.45) is 7.91. The Hall–Kier alpha value is -3.68. The van der Waals surface area contributed by atoms with Crippen LogP contribution in [0.5, 0.6) is 5.88 Å². The van der Waals surface area contributed by atoms with Gasteiger partial charge in [0.15, 0.2) is 17.3 Å². The first kappa shape index (κ1) is 26.0. The standard InChI is InChI=1S/C32H38N8O2/c1-18(24-6-4-14-39(24)2)41-27-15-26(40-17-23-25(40)10-13-35-23)36-31(37-27)29-20-5-3-11-32(30(20)42-38-29)12-9-19-7-8-22(34)21(16-33)28(19)32/h7-8,15,18,23-25,35H,3-6,9-14,17,34H2,1-2H3/t18-,23+,24-,25+,32-/m0/s1. The van der Waals surface area contributed by atoms with E-state index in [1.807, 2.05) is 12.1 Å². The molecule has 0 saturated carbocycles. The summed E-state index contributed by atoms with van der Waals surface area (Å²) in [7, 11) is 2.17. The number of hydrogen-bond donors (Lipinski definition) is 2. The topological polar surface area (TPSA) is 129 Å². The first-order valence-corrected chi connectivity index (χ1v) is 15.5. The maximum atomic E-state index is 10.1. The van der Waals surface area contributed by atoms with E-state index < -0.39 is 5.41 Å². The van der Waals surface area contributed by atoms with Crippen molar-refractivity contribution in [2.24, 2.45) is 0 Å². The van der Waals surface area contributed by atoms with E-state index in [1.54, 1.807) is 0 Å². The van der Waals surface area contributed by atoms with E-state index in [0.717, 1.165) is 87.3 Å². The van der Waals surface area contributed by atoms with E-state index in [4.69, 9.17) is 25.0 Å². The fourth-order valence-corrected chi connectivity index (χ4v) is 8.57. The summed E-state index contributed by atoms with van der Waals surface area (Å²) < 4.78 is 12.8. The summed E-state index contributed by atoms with van der Waals surface area (Å²) in [4.78, 5) is 14.8. The van der Waals surface area contributed by atoms with Gasteiger partial charge in [0.25, 0.3) is 0 Å². The van der Waals surface area contributed by atoms with Crippen LogP contribution in [0, 0.1) is 11.3 Å². The highest BCUT2D eigenvalue weighted by atomic mass is 16.5. The summed E-state index contributed by atoms with van der Waals surface area (Å²) in [5.41, 5.74) is 11.0. The molecule has 2 aromatic heterocycles. The van der Waals surface area contributed by atoms with Gasteiger partial charge in [0, 0.05) is 42.0 Å². The molecule has 1 spiro atoms. The van der Waals surface area contributed by atoms with Gasteiger partial charge in [0.05, 0.1) is 11.0 Å². The predicted octanol–water partition coefficient (Wildman–Crippen LogP) is 3.57. The smallest absolute Gasteiger partial charge is 0.219 e. The Morgan fingerprint density at radius 2 is 2.12 bits per heavy atom. The number of fused-ring (bicyclic) bond motifs is 5. The van der Waals surface area contributed by atoms with Gasteiger partial charge in [0.1, 0.15) is 18.0 Å². The molecule has 5 aliphatic rings.